The highest BCUT2D eigenvalue weighted by Gasteiger charge is 2.27. The topological polar surface area (TPSA) is 47.4 Å². The van der Waals surface area contributed by atoms with Crippen molar-refractivity contribution in [1.29, 1.82) is 0 Å². The van der Waals surface area contributed by atoms with Crippen LogP contribution in [0, 0.1) is 0 Å². The number of ether oxygens (including phenoxy) is 1. The molecule has 21 heavy (non-hydrogen) atoms. The first-order valence-corrected chi connectivity index (χ1v) is 7.30. The van der Waals surface area contributed by atoms with Crippen molar-refractivity contribution in [1.82, 2.24) is 14.5 Å². The maximum absolute atomic E-state index is 12.7. The zero-order valence-corrected chi connectivity index (χ0v) is 12.6. The number of hydrogen-bond acceptors (Lipinski definition) is 3. The monoisotopic (exact) mass is 325 g/mol. The van der Waals surface area contributed by atoms with Gasteiger partial charge in [-0.1, -0.05) is 29.8 Å². The average Bonchev–Trinajstić information content (AvgIpc) is 2.82. The second-order valence-electron chi connectivity index (χ2n) is 4.60. The summed E-state index contributed by atoms with van der Waals surface area (Å²) in [5, 5.41) is 0.281. The summed E-state index contributed by atoms with van der Waals surface area (Å²) in [5.74, 6) is -0.188. The molecule has 110 valence electrons. The number of rotatable bonds is 2. The Balaban J connectivity index is 2.04. The van der Waals surface area contributed by atoms with Crippen LogP contribution in [0.1, 0.15) is 10.5 Å². The Morgan fingerprint density at radius 3 is 2.48 bits per heavy atom. The van der Waals surface area contributed by atoms with Crippen LogP contribution in [-0.2, 0) is 4.74 Å². The van der Waals surface area contributed by atoms with E-state index >= 15 is 0 Å². The third-order valence-corrected chi connectivity index (χ3v) is 3.83. The van der Waals surface area contributed by atoms with E-state index in [4.69, 9.17) is 27.9 Å². The van der Waals surface area contributed by atoms with E-state index in [-0.39, 0.29) is 22.0 Å². The van der Waals surface area contributed by atoms with Gasteiger partial charge in [0, 0.05) is 18.8 Å². The molecule has 1 fully saturated rings. The molecule has 0 spiro atoms. The third-order valence-electron chi connectivity index (χ3n) is 3.31. The summed E-state index contributed by atoms with van der Waals surface area (Å²) >= 11 is 12.3. The molecule has 0 unspecified atom stereocenters. The Kier molecular flexibility index (Phi) is 4.14. The predicted molar refractivity (Wildman–Crippen MR) is 80.3 cm³/mol. The van der Waals surface area contributed by atoms with Crippen LogP contribution in [0.2, 0.25) is 10.4 Å². The summed E-state index contributed by atoms with van der Waals surface area (Å²) in [6, 6.07) is 9.31. The van der Waals surface area contributed by atoms with Gasteiger partial charge in [0.05, 0.1) is 13.2 Å². The summed E-state index contributed by atoms with van der Waals surface area (Å²) in [7, 11) is 0. The Hall–Kier alpha value is -1.56. The number of halogens is 2. The van der Waals surface area contributed by atoms with Crippen LogP contribution in [0.15, 0.2) is 30.3 Å². The van der Waals surface area contributed by atoms with Gasteiger partial charge in [-0.3, -0.25) is 9.36 Å². The minimum absolute atomic E-state index is 0.111. The number of aromatic nitrogens is 2. The Bertz CT molecular complexity index is 652. The highest BCUT2D eigenvalue weighted by molar-refractivity contribution is 6.35. The van der Waals surface area contributed by atoms with Gasteiger partial charge in [-0.25, -0.2) is 4.98 Å². The molecular formula is C14H13Cl2N3O2. The molecule has 1 saturated heterocycles. The molecule has 0 bridgehead atoms. The van der Waals surface area contributed by atoms with Crippen LogP contribution in [0.5, 0.6) is 0 Å². The van der Waals surface area contributed by atoms with Crippen LogP contribution in [0.25, 0.3) is 5.69 Å². The lowest BCUT2D eigenvalue weighted by Gasteiger charge is -2.27. The smallest absolute Gasteiger partial charge is 0.274 e. The molecule has 0 saturated carbocycles. The maximum atomic E-state index is 12.7. The minimum atomic E-state index is -0.188. The number of hydrogen-bond donors (Lipinski definition) is 0. The van der Waals surface area contributed by atoms with E-state index in [1.807, 2.05) is 30.3 Å². The lowest BCUT2D eigenvalue weighted by molar-refractivity contribution is 0.0297. The van der Waals surface area contributed by atoms with Crippen LogP contribution in [0.4, 0.5) is 0 Å². The number of morpholine rings is 1. The minimum Gasteiger partial charge on any atom is -0.378 e. The number of imidazole rings is 1. The number of benzene rings is 1. The Morgan fingerprint density at radius 1 is 1.14 bits per heavy atom. The van der Waals surface area contributed by atoms with Crippen molar-refractivity contribution in [3.63, 3.8) is 0 Å². The third kappa shape index (κ3) is 2.77. The van der Waals surface area contributed by atoms with Crippen molar-refractivity contribution >= 4 is 29.1 Å². The zero-order valence-electron chi connectivity index (χ0n) is 11.1. The average molecular weight is 326 g/mol. The molecule has 2 heterocycles. The van der Waals surface area contributed by atoms with E-state index < -0.39 is 0 Å². The summed E-state index contributed by atoms with van der Waals surface area (Å²) in [4.78, 5) is 18.4. The predicted octanol–water partition coefficient (Wildman–Crippen LogP) is 2.65. The highest BCUT2D eigenvalue weighted by Crippen LogP contribution is 2.26. The highest BCUT2D eigenvalue weighted by atomic mass is 35.5. The molecule has 0 aliphatic carbocycles. The largest absolute Gasteiger partial charge is 0.378 e. The van der Waals surface area contributed by atoms with Crippen molar-refractivity contribution in [3.05, 3.63) is 46.5 Å². The summed E-state index contributed by atoms with van der Waals surface area (Å²) in [5.41, 5.74) is 1.04. The fourth-order valence-electron chi connectivity index (χ4n) is 2.28. The van der Waals surface area contributed by atoms with Gasteiger partial charge in [-0.05, 0) is 23.7 Å². The number of carbonyl (C=O) groups excluding carboxylic acids is 1. The molecule has 2 aromatic rings. The van der Waals surface area contributed by atoms with E-state index in [2.05, 4.69) is 4.98 Å². The molecule has 7 heteroatoms. The molecule has 3 rings (SSSR count). The number of nitrogens with zero attached hydrogens (tertiary/aromatic N) is 3. The quantitative estimate of drug-likeness (QED) is 0.852. The molecule has 0 radical (unpaired) electrons. The lowest BCUT2D eigenvalue weighted by Crippen LogP contribution is -2.41. The maximum Gasteiger partial charge on any atom is 0.274 e. The van der Waals surface area contributed by atoms with E-state index in [1.165, 1.54) is 0 Å². The fraction of sp³-hybridized carbons (Fsp3) is 0.286. The number of carbonyl (C=O) groups is 1. The van der Waals surface area contributed by atoms with Gasteiger partial charge in [-0.2, -0.15) is 0 Å². The van der Waals surface area contributed by atoms with Gasteiger partial charge in [0.25, 0.3) is 5.91 Å². The fourth-order valence-corrected chi connectivity index (χ4v) is 2.84. The first-order valence-electron chi connectivity index (χ1n) is 6.54. The van der Waals surface area contributed by atoms with Crippen molar-refractivity contribution in [2.45, 2.75) is 0 Å². The van der Waals surface area contributed by atoms with E-state index in [0.29, 0.717) is 26.3 Å². The summed E-state index contributed by atoms with van der Waals surface area (Å²) < 4.78 is 6.83. The Labute approximate surface area is 132 Å². The van der Waals surface area contributed by atoms with Gasteiger partial charge in [0.1, 0.15) is 0 Å². The molecule has 5 nitrogen and oxygen atoms in total. The molecule has 1 amide bonds. The van der Waals surface area contributed by atoms with Crippen LogP contribution in [-0.4, -0.2) is 46.7 Å². The summed E-state index contributed by atoms with van der Waals surface area (Å²) in [6.07, 6.45) is 0. The molecule has 1 aliphatic rings. The first kappa shape index (κ1) is 14.4. The molecular weight excluding hydrogens is 313 g/mol. The molecule has 0 N–H and O–H groups in total. The summed E-state index contributed by atoms with van der Waals surface area (Å²) in [6.45, 7) is 2.12. The SMILES string of the molecule is O=C(c1c(Cl)nc(Cl)n1-c1ccccc1)N1CCOCC1. The molecule has 1 aromatic heterocycles. The standard InChI is InChI=1S/C14H13Cl2N3O2/c15-12-11(13(20)18-6-8-21-9-7-18)19(14(16)17-12)10-4-2-1-3-5-10/h1-5H,6-9H2. The van der Waals surface area contributed by atoms with Gasteiger partial charge < -0.3 is 9.64 Å². The second-order valence-corrected chi connectivity index (χ2v) is 5.29. The van der Waals surface area contributed by atoms with Gasteiger partial charge in [0.15, 0.2) is 10.8 Å². The number of para-hydroxylation sites is 1. The van der Waals surface area contributed by atoms with E-state index in [1.54, 1.807) is 9.47 Å². The Morgan fingerprint density at radius 2 is 1.81 bits per heavy atom. The van der Waals surface area contributed by atoms with Crippen LogP contribution >= 0.6 is 23.2 Å². The van der Waals surface area contributed by atoms with Gasteiger partial charge in [-0.15, -0.1) is 0 Å². The van der Waals surface area contributed by atoms with E-state index in [0.717, 1.165) is 5.69 Å². The van der Waals surface area contributed by atoms with Crippen molar-refractivity contribution < 1.29 is 9.53 Å². The molecule has 0 atom stereocenters. The first-order chi connectivity index (χ1) is 10.2. The zero-order chi connectivity index (χ0) is 14.8. The van der Waals surface area contributed by atoms with Crippen molar-refractivity contribution in [2.24, 2.45) is 0 Å². The van der Waals surface area contributed by atoms with Crippen molar-refractivity contribution in [3.8, 4) is 5.69 Å². The normalized spacial score (nSPS) is 15.2. The second kappa shape index (κ2) is 6.05. The van der Waals surface area contributed by atoms with Crippen LogP contribution < -0.4 is 0 Å². The van der Waals surface area contributed by atoms with Crippen LogP contribution in [0.3, 0.4) is 0 Å². The van der Waals surface area contributed by atoms with Gasteiger partial charge in [0.2, 0.25) is 5.28 Å². The number of amides is 1. The van der Waals surface area contributed by atoms with Crippen molar-refractivity contribution in [2.75, 3.05) is 26.3 Å². The van der Waals surface area contributed by atoms with Gasteiger partial charge >= 0.3 is 0 Å². The molecule has 1 aliphatic heterocycles. The van der Waals surface area contributed by atoms with E-state index in [9.17, 15) is 4.79 Å². The molecule has 1 aromatic carbocycles. The lowest BCUT2D eigenvalue weighted by atomic mass is 10.3.